The molecule has 0 aromatic heterocycles. The minimum atomic E-state index is -0.108. The Morgan fingerprint density at radius 3 is 2.81 bits per heavy atom. The van der Waals surface area contributed by atoms with Gasteiger partial charge in [0.05, 0.1) is 13.2 Å². The molecule has 0 radical (unpaired) electrons. The number of carbonyl (C=O) groups is 1. The summed E-state index contributed by atoms with van der Waals surface area (Å²) in [5.74, 6) is 0.972. The summed E-state index contributed by atoms with van der Waals surface area (Å²) < 4.78 is 10.4. The molecule has 2 rings (SSSR count). The van der Waals surface area contributed by atoms with Crippen LogP contribution in [0.2, 0.25) is 0 Å². The van der Waals surface area contributed by atoms with Crippen LogP contribution in [-0.4, -0.2) is 44.2 Å². The number of benzene rings is 1. The van der Waals surface area contributed by atoms with Crippen molar-refractivity contribution in [1.82, 2.24) is 10.2 Å². The predicted molar refractivity (Wildman–Crippen MR) is 81.2 cm³/mol. The Morgan fingerprint density at radius 2 is 2.14 bits per heavy atom. The van der Waals surface area contributed by atoms with Gasteiger partial charge in [0.1, 0.15) is 11.9 Å². The number of methoxy groups -OCH3 is 2. The molecule has 5 nitrogen and oxygen atoms in total. The molecule has 5 heteroatoms. The van der Waals surface area contributed by atoms with E-state index in [0.29, 0.717) is 13.2 Å². The molecule has 1 N–H and O–H groups in total. The highest BCUT2D eigenvalue weighted by Gasteiger charge is 2.38. The third-order valence-corrected chi connectivity index (χ3v) is 3.82. The Labute approximate surface area is 126 Å². The number of amides is 1. The first kappa shape index (κ1) is 15.8. The van der Waals surface area contributed by atoms with Gasteiger partial charge in [0.2, 0.25) is 5.91 Å². The predicted octanol–water partition coefficient (Wildman–Crippen LogP) is 1.94. The van der Waals surface area contributed by atoms with Crippen molar-refractivity contribution in [3.63, 3.8) is 0 Å². The normalized spacial score (nSPS) is 21.9. The molecule has 1 saturated heterocycles. The summed E-state index contributed by atoms with van der Waals surface area (Å²) in [6.07, 6.45) is 1.54. The van der Waals surface area contributed by atoms with Crippen molar-refractivity contribution in [3.05, 3.63) is 29.8 Å². The highest BCUT2D eigenvalue weighted by Crippen LogP contribution is 2.28. The van der Waals surface area contributed by atoms with Crippen molar-refractivity contribution in [1.29, 1.82) is 0 Å². The molecule has 2 atom stereocenters. The van der Waals surface area contributed by atoms with E-state index in [-0.39, 0.29) is 18.1 Å². The van der Waals surface area contributed by atoms with E-state index in [4.69, 9.17) is 9.47 Å². The van der Waals surface area contributed by atoms with E-state index >= 15 is 0 Å². The second kappa shape index (κ2) is 7.43. The van der Waals surface area contributed by atoms with E-state index in [2.05, 4.69) is 5.32 Å². The third-order valence-electron chi connectivity index (χ3n) is 3.82. The highest BCUT2D eigenvalue weighted by atomic mass is 16.5. The number of carbonyl (C=O) groups excluding carboxylic acids is 1. The fourth-order valence-corrected chi connectivity index (χ4v) is 2.68. The van der Waals surface area contributed by atoms with Crippen LogP contribution in [0.1, 0.15) is 31.5 Å². The van der Waals surface area contributed by atoms with Crippen molar-refractivity contribution in [3.8, 4) is 5.75 Å². The van der Waals surface area contributed by atoms with Gasteiger partial charge in [-0.15, -0.1) is 0 Å². The summed E-state index contributed by atoms with van der Waals surface area (Å²) in [6, 6.07) is 7.75. The van der Waals surface area contributed by atoms with Crippen LogP contribution in [0.3, 0.4) is 0 Å². The van der Waals surface area contributed by atoms with Crippen LogP contribution in [-0.2, 0) is 9.53 Å². The first-order valence-electron chi connectivity index (χ1n) is 7.40. The van der Waals surface area contributed by atoms with Crippen LogP contribution >= 0.6 is 0 Å². The van der Waals surface area contributed by atoms with Crippen LogP contribution in [0.25, 0.3) is 0 Å². The van der Waals surface area contributed by atoms with Crippen molar-refractivity contribution in [2.24, 2.45) is 0 Å². The van der Waals surface area contributed by atoms with E-state index in [0.717, 1.165) is 24.2 Å². The molecule has 0 aliphatic carbocycles. The van der Waals surface area contributed by atoms with E-state index in [1.54, 1.807) is 14.2 Å². The van der Waals surface area contributed by atoms with Crippen molar-refractivity contribution >= 4 is 5.91 Å². The van der Waals surface area contributed by atoms with E-state index in [1.165, 1.54) is 0 Å². The Hall–Kier alpha value is -1.59. The lowest BCUT2D eigenvalue weighted by molar-refractivity contribution is -0.130. The number of rotatable bonds is 7. The first-order valence-corrected chi connectivity index (χ1v) is 7.40. The molecule has 1 heterocycles. The van der Waals surface area contributed by atoms with Crippen LogP contribution in [0, 0.1) is 0 Å². The lowest BCUT2D eigenvalue weighted by atomic mass is 10.1. The molecule has 1 aromatic carbocycles. The zero-order valence-corrected chi connectivity index (χ0v) is 13.0. The van der Waals surface area contributed by atoms with Gasteiger partial charge in [-0.1, -0.05) is 19.1 Å². The number of ether oxygens (including phenoxy) is 2. The summed E-state index contributed by atoms with van der Waals surface area (Å²) in [5.41, 5.74) is 1.05. The summed E-state index contributed by atoms with van der Waals surface area (Å²) >= 11 is 0. The lowest BCUT2D eigenvalue weighted by Crippen LogP contribution is -2.32. The van der Waals surface area contributed by atoms with E-state index < -0.39 is 0 Å². The Kier molecular flexibility index (Phi) is 5.59. The Bertz CT molecular complexity index is 478. The largest absolute Gasteiger partial charge is 0.497 e. The molecule has 0 spiro atoms. The first-order chi connectivity index (χ1) is 10.2. The third kappa shape index (κ3) is 3.54. The average molecular weight is 292 g/mol. The molecule has 1 fully saturated rings. The molecule has 1 aliphatic rings. The standard InChI is InChI=1S/C16H24N2O3/c1-4-14-16(19)18(9-6-10-20-2)15(17-14)12-7-5-8-13(11-12)21-3/h5,7-8,11,14-15,17H,4,6,9-10H2,1-3H3. The van der Waals surface area contributed by atoms with E-state index in [9.17, 15) is 4.79 Å². The maximum absolute atomic E-state index is 12.5. The molecule has 1 aliphatic heterocycles. The van der Waals surface area contributed by atoms with Crippen LogP contribution in [0.5, 0.6) is 5.75 Å². The van der Waals surface area contributed by atoms with Crippen LogP contribution in [0.15, 0.2) is 24.3 Å². The SMILES string of the molecule is CCC1NC(c2cccc(OC)c2)N(CCCOC)C1=O. The highest BCUT2D eigenvalue weighted by molar-refractivity contribution is 5.84. The molecular weight excluding hydrogens is 268 g/mol. The number of hydrogen-bond acceptors (Lipinski definition) is 4. The minimum absolute atomic E-state index is 0.0885. The maximum atomic E-state index is 12.5. The molecule has 1 aromatic rings. The zero-order chi connectivity index (χ0) is 15.2. The van der Waals surface area contributed by atoms with Gasteiger partial charge in [-0.3, -0.25) is 10.1 Å². The maximum Gasteiger partial charge on any atom is 0.241 e. The second-order valence-corrected chi connectivity index (χ2v) is 5.18. The minimum Gasteiger partial charge on any atom is -0.497 e. The van der Waals surface area contributed by atoms with Crippen molar-refractivity contribution < 1.29 is 14.3 Å². The van der Waals surface area contributed by atoms with Gasteiger partial charge in [-0.25, -0.2) is 0 Å². The fraction of sp³-hybridized carbons (Fsp3) is 0.562. The van der Waals surface area contributed by atoms with Gasteiger partial charge >= 0.3 is 0 Å². The van der Waals surface area contributed by atoms with Gasteiger partial charge < -0.3 is 14.4 Å². The van der Waals surface area contributed by atoms with Crippen molar-refractivity contribution in [2.45, 2.75) is 32.0 Å². The Balaban J connectivity index is 2.18. The number of nitrogens with zero attached hydrogens (tertiary/aromatic N) is 1. The summed E-state index contributed by atoms with van der Waals surface area (Å²) in [4.78, 5) is 14.4. The molecule has 1 amide bonds. The van der Waals surface area contributed by atoms with Crippen LogP contribution in [0.4, 0.5) is 0 Å². The monoisotopic (exact) mass is 292 g/mol. The van der Waals surface area contributed by atoms with Gasteiger partial charge in [-0.05, 0) is 30.5 Å². The molecule has 0 saturated carbocycles. The van der Waals surface area contributed by atoms with Crippen LogP contribution < -0.4 is 10.1 Å². The van der Waals surface area contributed by atoms with Gasteiger partial charge in [0.25, 0.3) is 0 Å². The summed E-state index contributed by atoms with van der Waals surface area (Å²) in [5, 5.41) is 3.42. The molecular formula is C16H24N2O3. The fourth-order valence-electron chi connectivity index (χ4n) is 2.68. The number of hydrogen-bond donors (Lipinski definition) is 1. The molecule has 2 unspecified atom stereocenters. The van der Waals surface area contributed by atoms with Gasteiger partial charge in [-0.2, -0.15) is 0 Å². The molecule has 21 heavy (non-hydrogen) atoms. The smallest absolute Gasteiger partial charge is 0.241 e. The second-order valence-electron chi connectivity index (χ2n) is 5.18. The lowest BCUT2D eigenvalue weighted by Gasteiger charge is -2.24. The molecule has 0 bridgehead atoms. The van der Waals surface area contributed by atoms with Gasteiger partial charge in [0, 0.05) is 20.3 Å². The van der Waals surface area contributed by atoms with Gasteiger partial charge in [0.15, 0.2) is 0 Å². The average Bonchev–Trinajstić information content (AvgIpc) is 2.84. The zero-order valence-electron chi connectivity index (χ0n) is 13.0. The number of nitrogens with one attached hydrogen (secondary N) is 1. The molecule has 116 valence electrons. The summed E-state index contributed by atoms with van der Waals surface area (Å²) in [6.45, 7) is 3.38. The Morgan fingerprint density at radius 1 is 1.33 bits per heavy atom. The summed E-state index contributed by atoms with van der Waals surface area (Å²) in [7, 11) is 3.33. The quantitative estimate of drug-likeness (QED) is 0.780. The van der Waals surface area contributed by atoms with Crippen molar-refractivity contribution in [2.75, 3.05) is 27.4 Å². The topological polar surface area (TPSA) is 50.8 Å². The van der Waals surface area contributed by atoms with E-state index in [1.807, 2.05) is 36.1 Å².